The molecule has 14 heteroatoms. The van der Waals surface area contributed by atoms with Crippen molar-refractivity contribution in [1.29, 1.82) is 0 Å². The Morgan fingerprint density at radius 2 is 2.03 bits per heavy atom. The zero-order chi connectivity index (χ0) is 23.1. The predicted octanol–water partition coefficient (Wildman–Crippen LogP) is 4.86. The van der Waals surface area contributed by atoms with Crippen LogP contribution in [-0.4, -0.2) is 47.3 Å². The molecule has 4 rings (SSSR count). The lowest BCUT2D eigenvalue weighted by molar-refractivity contribution is -0.281. The van der Waals surface area contributed by atoms with Crippen molar-refractivity contribution in [2.24, 2.45) is 0 Å². The molecule has 32 heavy (non-hydrogen) atoms. The van der Waals surface area contributed by atoms with Crippen LogP contribution in [0.4, 0.5) is 26.3 Å². The Bertz CT molecular complexity index is 1140. The zero-order valence-corrected chi connectivity index (χ0v) is 16.8. The first-order valence-electron chi connectivity index (χ1n) is 8.81. The Morgan fingerprint density at radius 3 is 2.75 bits per heavy atom. The number of ether oxygens (including phenoxy) is 4. The van der Waals surface area contributed by atoms with Gasteiger partial charge in [-0.15, -0.1) is 0 Å². The molecule has 1 aliphatic heterocycles. The van der Waals surface area contributed by atoms with Gasteiger partial charge in [0, 0.05) is 30.1 Å². The Hall–Kier alpha value is -3.03. The van der Waals surface area contributed by atoms with E-state index in [1.807, 2.05) is 0 Å². The highest BCUT2D eigenvalue weighted by Crippen LogP contribution is 2.43. The number of alkyl halides is 6. The number of nitrogens with zero attached hydrogens (tertiary/aromatic N) is 2. The number of thioether (sulfide) groups is 1. The molecular formula is C18H13F6N3O4S. The summed E-state index contributed by atoms with van der Waals surface area (Å²) in [6, 6.07) is 3.70. The molecule has 0 saturated heterocycles. The Labute approximate surface area is 180 Å². The minimum absolute atomic E-state index is 0.0360. The number of hydrogen-bond acceptors (Lipinski definition) is 7. The van der Waals surface area contributed by atoms with E-state index in [0.29, 0.717) is 21.9 Å². The van der Waals surface area contributed by atoms with Gasteiger partial charge in [-0.3, -0.25) is 4.98 Å². The second-order valence-corrected chi connectivity index (χ2v) is 7.40. The second-order valence-electron chi connectivity index (χ2n) is 6.44. The summed E-state index contributed by atoms with van der Waals surface area (Å²) in [4.78, 5) is 11.2. The maximum absolute atomic E-state index is 13.4. The number of halogens is 6. The van der Waals surface area contributed by atoms with Crippen LogP contribution >= 0.6 is 11.8 Å². The van der Waals surface area contributed by atoms with Crippen LogP contribution < -0.4 is 18.9 Å². The van der Waals surface area contributed by atoms with Gasteiger partial charge in [-0.2, -0.15) is 26.3 Å². The fraction of sp³-hybridized carbons (Fsp3) is 0.333. The highest BCUT2D eigenvalue weighted by atomic mass is 32.2. The maximum atomic E-state index is 13.4. The van der Waals surface area contributed by atoms with E-state index in [9.17, 15) is 26.3 Å². The number of imidazole rings is 1. The molecule has 7 nitrogen and oxygen atoms in total. The number of nitrogens with one attached hydrogen (secondary N) is 1. The fourth-order valence-corrected chi connectivity index (χ4v) is 3.63. The number of hydrogen-bond donors (Lipinski definition) is 1. The summed E-state index contributed by atoms with van der Waals surface area (Å²) in [5.74, 6) is -0.535. The molecular weight excluding hydrogens is 468 g/mol. The van der Waals surface area contributed by atoms with Gasteiger partial charge in [0.05, 0.1) is 23.8 Å². The molecule has 2 aromatic heterocycles. The van der Waals surface area contributed by atoms with Crippen LogP contribution in [0.15, 0.2) is 29.6 Å². The molecule has 1 unspecified atom stereocenters. The summed E-state index contributed by atoms with van der Waals surface area (Å²) in [5, 5.41) is 0.330. The Morgan fingerprint density at radius 1 is 1.25 bits per heavy atom. The van der Waals surface area contributed by atoms with Crippen LogP contribution in [0.5, 0.6) is 23.0 Å². The minimum Gasteiger partial charge on any atom is -0.491 e. The van der Waals surface area contributed by atoms with Gasteiger partial charge in [-0.05, 0) is 0 Å². The van der Waals surface area contributed by atoms with Crippen molar-refractivity contribution in [3.05, 3.63) is 30.1 Å². The molecule has 0 bridgehead atoms. The molecule has 0 fully saturated rings. The van der Waals surface area contributed by atoms with E-state index in [1.165, 1.54) is 31.5 Å². The van der Waals surface area contributed by atoms with E-state index in [4.69, 9.17) is 9.47 Å². The molecule has 172 valence electrons. The number of fused-ring (bicyclic) bond motifs is 2. The van der Waals surface area contributed by atoms with E-state index < -0.39 is 25.2 Å². The maximum Gasteiger partial charge on any atom is 0.468 e. The van der Waals surface area contributed by atoms with Crippen molar-refractivity contribution in [1.82, 2.24) is 15.0 Å². The van der Waals surface area contributed by atoms with Crippen molar-refractivity contribution in [2.75, 3.05) is 13.7 Å². The van der Waals surface area contributed by atoms with Gasteiger partial charge in [0.1, 0.15) is 0 Å². The van der Waals surface area contributed by atoms with Crippen LogP contribution in [0.1, 0.15) is 5.69 Å². The first-order chi connectivity index (χ1) is 15.1. The van der Waals surface area contributed by atoms with Gasteiger partial charge in [-0.1, -0.05) is 11.8 Å². The normalized spacial score (nSPS) is 17.4. The monoisotopic (exact) mass is 481 g/mol. The molecule has 0 radical (unpaired) electrons. The van der Waals surface area contributed by atoms with E-state index in [2.05, 4.69) is 24.4 Å². The van der Waals surface area contributed by atoms with Crippen LogP contribution in [0, 0.1) is 0 Å². The van der Waals surface area contributed by atoms with Crippen LogP contribution in [0.2, 0.25) is 0 Å². The van der Waals surface area contributed by atoms with Gasteiger partial charge in [0.25, 0.3) is 0 Å². The van der Waals surface area contributed by atoms with Crippen molar-refractivity contribution in [3.63, 3.8) is 0 Å². The van der Waals surface area contributed by atoms with Gasteiger partial charge in [0.2, 0.25) is 0 Å². The first-order valence-corrected chi connectivity index (χ1v) is 9.80. The lowest BCUT2D eigenvalue weighted by atomic mass is 10.2. The molecule has 0 amide bonds. The zero-order valence-electron chi connectivity index (χ0n) is 16.0. The topological polar surface area (TPSA) is 78.5 Å². The van der Waals surface area contributed by atoms with Crippen molar-refractivity contribution < 1.29 is 45.3 Å². The summed E-state index contributed by atoms with van der Waals surface area (Å²) in [6.07, 6.45) is -10.3. The molecule has 3 heterocycles. The van der Waals surface area contributed by atoms with Gasteiger partial charge < -0.3 is 23.9 Å². The molecule has 3 aromatic rings. The summed E-state index contributed by atoms with van der Waals surface area (Å²) in [5.41, 5.74) is 0.920. The van der Waals surface area contributed by atoms with E-state index in [-0.39, 0.29) is 28.8 Å². The molecule has 0 spiro atoms. The summed E-state index contributed by atoms with van der Waals surface area (Å²) < 4.78 is 96.3. The van der Waals surface area contributed by atoms with E-state index in [0.717, 1.165) is 11.8 Å². The number of methoxy groups -OCH3 is 1. The molecule has 1 aromatic carbocycles. The highest BCUT2D eigenvalue weighted by Gasteiger charge is 2.49. The summed E-state index contributed by atoms with van der Waals surface area (Å²) in [7, 11) is 1.27. The number of aromatic nitrogens is 3. The molecule has 1 atom stereocenters. The standard InChI is InChI=1S/C18H13F6N3O4S/c1-28-14-10(25-3-2-11(14)29-7-17(20,21)22)6-32-16-26-8-4-12-13(5-9(8)27-16)31-18(23,24)15(19)30-12/h2-5,15H,6-7H2,1H3,(H,26,27). The quantitative estimate of drug-likeness (QED) is 0.398. The molecule has 0 aliphatic carbocycles. The lowest BCUT2D eigenvalue weighted by Gasteiger charge is -2.28. The predicted molar refractivity (Wildman–Crippen MR) is 99.1 cm³/mol. The van der Waals surface area contributed by atoms with Crippen LogP contribution in [0.25, 0.3) is 11.0 Å². The number of pyridine rings is 1. The minimum atomic E-state index is -4.52. The second kappa shape index (κ2) is 8.15. The third kappa shape index (κ3) is 4.59. The number of H-pyrrole nitrogens is 1. The summed E-state index contributed by atoms with van der Waals surface area (Å²) >= 11 is 1.11. The van der Waals surface area contributed by atoms with Crippen LogP contribution in [-0.2, 0) is 5.75 Å². The highest BCUT2D eigenvalue weighted by molar-refractivity contribution is 7.98. The van der Waals surface area contributed by atoms with E-state index in [1.54, 1.807) is 0 Å². The van der Waals surface area contributed by atoms with Crippen molar-refractivity contribution in [2.45, 2.75) is 29.6 Å². The van der Waals surface area contributed by atoms with Crippen molar-refractivity contribution in [3.8, 4) is 23.0 Å². The average molecular weight is 481 g/mol. The number of aromatic amines is 1. The molecule has 1 aliphatic rings. The molecule has 1 N–H and O–H groups in total. The van der Waals surface area contributed by atoms with E-state index >= 15 is 0 Å². The molecule has 0 saturated carbocycles. The Kier molecular flexibility index (Phi) is 5.65. The van der Waals surface area contributed by atoms with Gasteiger partial charge in [0.15, 0.2) is 34.8 Å². The average Bonchev–Trinajstić information content (AvgIpc) is 3.10. The third-order valence-electron chi connectivity index (χ3n) is 4.15. The lowest BCUT2D eigenvalue weighted by Crippen LogP contribution is -2.43. The largest absolute Gasteiger partial charge is 0.491 e. The number of rotatable bonds is 6. The smallest absolute Gasteiger partial charge is 0.468 e. The third-order valence-corrected chi connectivity index (χ3v) is 5.03. The summed E-state index contributed by atoms with van der Waals surface area (Å²) in [6.45, 7) is -1.49. The van der Waals surface area contributed by atoms with Gasteiger partial charge >= 0.3 is 18.6 Å². The number of benzene rings is 1. The van der Waals surface area contributed by atoms with Crippen molar-refractivity contribution >= 4 is 22.8 Å². The Balaban J connectivity index is 1.52. The van der Waals surface area contributed by atoms with Crippen LogP contribution in [0.3, 0.4) is 0 Å². The van der Waals surface area contributed by atoms with Gasteiger partial charge in [-0.25, -0.2) is 4.98 Å². The first kappa shape index (κ1) is 22.2. The SMILES string of the molecule is COc1c(OCC(F)(F)F)ccnc1CSc1nc2cc3c(cc2[nH]1)OC(F)(F)C(F)O3. The fourth-order valence-electron chi connectivity index (χ4n) is 2.81.